The molecule has 0 radical (unpaired) electrons. The van der Waals surface area contributed by atoms with E-state index in [9.17, 15) is 0 Å². The SMILES string of the molecule is CC#CCOc1nsc(C2CCC(C)CC2)n1. The van der Waals surface area contributed by atoms with Crippen molar-refractivity contribution in [3.63, 3.8) is 0 Å². The van der Waals surface area contributed by atoms with E-state index in [1.54, 1.807) is 6.92 Å². The van der Waals surface area contributed by atoms with Crippen LogP contribution in [-0.2, 0) is 0 Å². The Hall–Kier alpha value is -1.08. The molecule has 0 spiro atoms. The molecule has 0 bridgehead atoms. The molecule has 0 aliphatic heterocycles. The molecule has 1 heterocycles. The van der Waals surface area contributed by atoms with Gasteiger partial charge in [0.2, 0.25) is 0 Å². The summed E-state index contributed by atoms with van der Waals surface area (Å²) in [5, 5.41) is 1.14. The summed E-state index contributed by atoms with van der Waals surface area (Å²) in [5.41, 5.74) is 0. The van der Waals surface area contributed by atoms with Crippen LogP contribution in [0.1, 0.15) is 50.5 Å². The number of hydrogen-bond donors (Lipinski definition) is 0. The molecule has 92 valence electrons. The molecular weight excluding hydrogens is 232 g/mol. The fraction of sp³-hybridized carbons (Fsp3) is 0.692. The Morgan fingerprint density at radius 2 is 2.12 bits per heavy atom. The number of ether oxygens (including phenoxy) is 1. The minimum absolute atomic E-state index is 0.383. The zero-order chi connectivity index (χ0) is 12.1. The second-order valence-corrected chi connectivity index (χ2v) is 5.37. The molecule has 1 aromatic heterocycles. The first-order chi connectivity index (χ1) is 8.29. The van der Waals surface area contributed by atoms with Crippen LogP contribution in [0.4, 0.5) is 0 Å². The number of hydrogen-bond acceptors (Lipinski definition) is 4. The molecule has 1 saturated carbocycles. The summed E-state index contributed by atoms with van der Waals surface area (Å²) in [5.74, 6) is 7.10. The van der Waals surface area contributed by atoms with Gasteiger partial charge in [0, 0.05) is 5.92 Å². The maximum atomic E-state index is 5.35. The van der Waals surface area contributed by atoms with Crippen LogP contribution in [0.15, 0.2) is 0 Å². The van der Waals surface area contributed by atoms with Crippen LogP contribution in [0.25, 0.3) is 0 Å². The van der Waals surface area contributed by atoms with E-state index in [0.29, 0.717) is 18.5 Å². The molecule has 4 heteroatoms. The maximum absolute atomic E-state index is 5.35. The third-order valence-corrected chi connectivity index (χ3v) is 4.10. The minimum Gasteiger partial charge on any atom is -0.450 e. The highest BCUT2D eigenvalue weighted by atomic mass is 32.1. The average molecular weight is 250 g/mol. The topological polar surface area (TPSA) is 35.0 Å². The van der Waals surface area contributed by atoms with Gasteiger partial charge in [-0.3, -0.25) is 0 Å². The van der Waals surface area contributed by atoms with E-state index in [1.807, 2.05) is 0 Å². The van der Waals surface area contributed by atoms with E-state index in [0.717, 1.165) is 10.9 Å². The van der Waals surface area contributed by atoms with Gasteiger partial charge in [-0.05, 0) is 37.2 Å². The van der Waals surface area contributed by atoms with Gasteiger partial charge in [-0.15, -0.1) is 10.3 Å². The third-order valence-electron chi connectivity index (χ3n) is 3.24. The minimum atomic E-state index is 0.383. The zero-order valence-corrected chi connectivity index (χ0v) is 11.2. The van der Waals surface area contributed by atoms with Crippen molar-refractivity contribution < 1.29 is 4.74 Å². The van der Waals surface area contributed by atoms with Gasteiger partial charge in [0.25, 0.3) is 0 Å². The standard InChI is InChI=1S/C13H18N2OS/c1-3-4-9-16-13-14-12(17-15-13)11-7-5-10(2)6-8-11/h10-11H,5-9H2,1-2H3. The number of nitrogens with zero attached hydrogens (tertiary/aromatic N) is 2. The van der Waals surface area contributed by atoms with Crippen molar-refractivity contribution in [1.29, 1.82) is 0 Å². The summed E-state index contributed by atoms with van der Waals surface area (Å²) >= 11 is 1.48. The van der Waals surface area contributed by atoms with Gasteiger partial charge in [-0.2, -0.15) is 4.98 Å². The summed E-state index contributed by atoms with van der Waals surface area (Å²) in [4.78, 5) is 4.45. The predicted octanol–water partition coefficient (Wildman–Crippen LogP) is 3.23. The summed E-state index contributed by atoms with van der Waals surface area (Å²) in [6.45, 7) is 4.51. The van der Waals surface area contributed by atoms with Crippen LogP contribution < -0.4 is 4.74 Å². The average Bonchev–Trinajstić information content (AvgIpc) is 2.79. The second-order valence-electron chi connectivity index (χ2n) is 4.59. The molecule has 0 atom stereocenters. The van der Waals surface area contributed by atoms with Crippen molar-refractivity contribution in [3.8, 4) is 17.9 Å². The largest absolute Gasteiger partial charge is 0.450 e. The first kappa shape index (κ1) is 12.4. The monoisotopic (exact) mass is 250 g/mol. The van der Waals surface area contributed by atoms with Crippen molar-refractivity contribution in [2.45, 2.75) is 45.4 Å². The molecule has 1 aromatic rings. The lowest BCUT2D eigenvalue weighted by Gasteiger charge is -2.23. The Morgan fingerprint density at radius 3 is 2.82 bits per heavy atom. The van der Waals surface area contributed by atoms with Crippen molar-refractivity contribution >= 4 is 11.5 Å². The summed E-state index contributed by atoms with van der Waals surface area (Å²) in [6, 6.07) is 0.492. The quantitative estimate of drug-likeness (QED) is 0.772. The lowest BCUT2D eigenvalue weighted by molar-refractivity contribution is 0.332. The molecule has 1 aliphatic carbocycles. The molecule has 2 rings (SSSR count). The molecule has 0 saturated heterocycles. The molecule has 0 aromatic carbocycles. The number of aromatic nitrogens is 2. The molecule has 1 fully saturated rings. The highest BCUT2D eigenvalue weighted by Gasteiger charge is 2.23. The molecule has 1 aliphatic rings. The Balaban J connectivity index is 1.90. The van der Waals surface area contributed by atoms with Crippen LogP contribution in [0.5, 0.6) is 6.01 Å². The van der Waals surface area contributed by atoms with Gasteiger partial charge in [0.05, 0.1) is 0 Å². The van der Waals surface area contributed by atoms with E-state index < -0.39 is 0 Å². The zero-order valence-electron chi connectivity index (χ0n) is 10.4. The molecule has 17 heavy (non-hydrogen) atoms. The first-order valence-electron chi connectivity index (χ1n) is 6.15. The molecule has 0 N–H and O–H groups in total. The first-order valence-corrected chi connectivity index (χ1v) is 6.93. The summed E-state index contributed by atoms with van der Waals surface area (Å²) in [6.07, 6.45) is 5.10. The van der Waals surface area contributed by atoms with Crippen molar-refractivity contribution in [2.24, 2.45) is 5.92 Å². The van der Waals surface area contributed by atoms with E-state index >= 15 is 0 Å². The van der Waals surface area contributed by atoms with Gasteiger partial charge in [0.1, 0.15) is 5.01 Å². The van der Waals surface area contributed by atoms with E-state index in [-0.39, 0.29) is 0 Å². The van der Waals surface area contributed by atoms with Crippen molar-refractivity contribution in [1.82, 2.24) is 9.36 Å². The van der Waals surface area contributed by atoms with Gasteiger partial charge in [-0.25, -0.2) is 0 Å². The van der Waals surface area contributed by atoms with Gasteiger partial charge < -0.3 is 4.74 Å². The Kier molecular flexibility index (Phi) is 4.38. The fourth-order valence-corrected chi connectivity index (χ4v) is 2.89. The van der Waals surface area contributed by atoms with Gasteiger partial charge in [0.15, 0.2) is 6.61 Å². The van der Waals surface area contributed by atoms with Crippen LogP contribution in [0.2, 0.25) is 0 Å². The Morgan fingerprint density at radius 1 is 1.35 bits per heavy atom. The molecule has 0 amide bonds. The fourth-order valence-electron chi connectivity index (χ4n) is 2.13. The van der Waals surface area contributed by atoms with E-state index in [1.165, 1.54) is 37.2 Å². The maximum Gasteiger partial charge on any atom is 0.329 e. The smallest absolute Gasteiger partial charge is 0.329 e. The summed E-state index contributed by atoms with van der Waals surface area (Å²) < 4.78 is 9.58. The van der Waals surface area contributed by atoms with Crippen LogP contribution in [0.3, 0.4) is 0 Å². The van der Waals surface area contributed by atoms with Crippen LogP contribution in [-0.4, -0.2) is 16.0 Å². The Bertz CT molecular complexity index is 411. The summed E-state index contributed by atoms with van der Waals surface area (Å²) in [7, 11) is 0. The molecule has 0 unspecified atom stereocenters. The highest BCUT2D eigenvalue weighted by Crippen LogP contribution is 2.36. The second kappa shape index (κ2) is 6.02. The lowest BCUT2D eigenvalue weighted by atomic mass is 9.83. The molecular formula is C13H18N2OS. The van der Waals surface area contributed by atoms with Gasteiger partial charge in [-0.1, -0.05) is 25.7 Å². The van der Waals surface area contributed by atoms with Crippen LogP contribution in [0, 0.1) is 17.8 Å². The van der Waals surface area contributed by atoms with E-state index in [2.05, 4.69) is 28.1 Å². The van der Waals surface area contributed by atoms with Gasteiger partial charge >= 0.3 is 6.01 Å². The van der Waals surface area contributed by atoms with Crippen molar-refractivity contribution in [2.75, 3.05) is 6.61 Å². The Labute approximate surface area is 107 Å². The van der Waals surface area contributed by atoms with Crippen molar-refractivity contribution in [3.05, 3.63) is 5.01 Å². The predicted molar refractivity (Wildman–Crippen MR) is 69.2 cm³/mol. The normalized spacial score (nSPS) is 23.9. The lowest BCUT2D eigenvalue weighted by Crippen LogP contribution is -2.10. The third kappa shape index (κ3) is 3.44. The highest BCUT2D eigenvalue weighted by molar-refractivity contribution is 7.05. The van der Waals surface area contributed by atoms with E-state index in [4.69, 9.17) is 4.74 Å². The van der Waals surface area contributed by atoms with Crippen LogP contribution >= 0.6 is 11.5 Å². The molecule has 3 nitrogen and oxygen atoms in total. The number of rotatable bonds is 3.